The van der Waals surface area contributed by atoms with Gasteiger partial charge in [0, 0.05) is 17.4 Å². The molecule has 2 aromatic carbocycles. The van der Waals surface area contributed by atoms with Gasteiger partial charge in [-0.2, -0.15) is 13.2 Å². The van der Waals surface area contributed by atoms with E-state index in [1.54, 1.807) is 0 Å². The number of rotatable bonds is 5. The van der Waals surface area contributed by atoms with Crippen LogP contribution in [-0.4, -0.2) is 26.5 Å². The number of halogens is 4. The zero-order valence-corrected chi connectivity index (χ0v) is 15.1. The normalized spacial score (nSPS) is 12.2. The summed E-state index contributed by atoms with van der Waals surface area (Å²) in [6, 6.07) is 10.9. The highest BCUT2D eigenvalue weighted by atomic mass is 32.2. The lowest BCUT2D eigenvalue weighted by Gasteiger charge is -2.05. The number of aromatic nitrogens is 1. The second-order valence-corrected chi connectivity index (χ2v) is 7.79. The molecule has 0 radical (unpaired) electrons. The third-order valence-corrected chi connectivity index (χ3v) is 4.87. The first-order chi connectivity index (χ1) is 13.1. The maximum atomic E-state index is 13.1. The topological polar surface area (TPSA) is 69.4 Å². The van der Waals surface area contributed by atoms with Crippen molar-refractivity contribution in [3.05, 3.63) is 54.4 Å². The fourth-order valence-electron chi connectivity index (χ4n) is 2.48. The van der Waals surface area contributed by atoms with Gasteiger partial charge in [-0.15, -0.1) is 0 Å². The van der Waals surface area contributed by atoms with Crippen LogP contribution in [0.4, 0.5) is 17.6 Å². The first-order valence-corrected chi connectivity index (χ1v) is 9.66. The lowest BCUT2D eigenvalue weighted by molar-refractivity contribution is -0.156. The summed E-state index contributed by atoms with van der Waals surface area (Å²) in [5.74, 6) is -1.55. The largest absolute Gasteiger partial charge is 0.468 e. The van der Waals surface area contributed by atoms with Crippen LogP contribution in [0.25, 0.3) is 22.6 Å². The summed E-state index contributed by atoms with van der Waals surface area (Å²) in [6.07, 6.45) is -3.81. The molecule has 148 valence electrons. The van der Waals surface area contributed by atoms with Crippen LogP contribution in [0.5, 0.6) is 5.75 Å². The van der Waals surface area contributed by atoms with E-state index in [-0.39, 0.29) is 33.2 Å². The molecule has 3 rings (SSSR count). The molecule has 1 heterocycles. The molecule has 0 bridgehead atoms. The molecule has 0 fully saturated rings. The standard InChI is InChI=1S/C18H13F4NO4S/c1-28(24,25)14-7-5-11(6-8-14)16-15(23-17(27-16)18(20,21)22)12-3-2-4-13(9-12)26-10-19/h2-9H,10H2,1H3. The molecular formula is C18H13F4NO4S. The number of ether oxygens (including phenoxy) is 1. The van der Waals surface area contributed by atoms with Crippen molar-refractivity contribution in [2.75, 3.05) is 13.1 Å². The van der Waals surface area contributed by atoms with Crippen LogP contribution in [-0.2, 0) is 16.0 Å². The van der Waals surface area contributed by atoms with Crippen LogP contribution in [0, 0.1) is 0 Å². The van der Waals surface area contributed by atoms with Gasteiger partial charge in [0.25, 0.3) is 0 Å². The van der Waals surface area contributed by atoms with E-state index in [0.717, 1.165) is 6.26 Å². The predicted molar refractivity (Wildman–Crippen MR) is 92.1 cm³/mol. The Morgan fingerprint density at radius 2 is 1.75 bits per heavy atom. The van der Waals surface area contributed by atoms with Crippen LogP contribution in [0.1, 0.15) is 5.89 Å². The molecule has 0 atom stereocenters. The van der Waals surface area contributed by atoms with Gasteiger partial charge in [0.1, 0.15) is 11.4 Å². The summed E-state index contributed by atoms with van der Waals surface area (Å²) in [7, 11) is -3.47. The van der Waals surface area contributed by atoms with Crippen LogP contribution in [0.15, 0.2) is 57.8 Å². The molecule has 10 heteroatoms. The van der Waals surface area contributed by atoms with Crippen molar-refractivity contribution in [1.29, 1.82) is 0 Å². The van der Waals surface area contributed by atoms with E-state index < -0.39 is 28.8 Å². The Hall–Kier alpha value is -2.88. The maximum Gasteiger partial charge on any atom is 0.468 e. The molecule has 1 aromatic heterocycles. The molecule has 28 heavy (non-hydrogen) atoms. The Bertz CT molecular complexity index is 1090. The molecule has 3 aromatic rings. The van der Waals surface area contributed by atoms with Gasteiger partial charge >= 0.3 is 12.1 Å². The number of nitrogens with zero attached hydrogens (tertiary/aromatic N) is 1. The van der Waals surface area contributed by atoms with Gasteiger partial charge in [-0.05, 0) is 36.4 Å². The van der Waals surface area contributed by atoms with Crippen molar-refractivity contribution >= 4 is 9.84 Å². The highest BCUT2D eigenvalue weighted by molar-refractivity contribution is 7.90. The zero-order chi connectivity index (χ0) is 20.5. The number of hydrogen-bond acceptors (Lipinski definition) is 5. The Morgan fingerprint density at radius 3 is 2.32 bits per heavy atom. The highest BCUT2D eigenvalue weighted by Gasteiger charge is 2.39. The molecule has 0 aliphatic heterocycles. The van der Waals surface area contributed by atoms with Gasteiger partial charge in [0.2, 0.25) is 6.86 Å². The van der Waals surface area contributed by atoms with E-state index in [1.807, 2.05) is 0 Å². The van der Waals surface area contributed by atoms with Gasteiger partial charge < -0.3 is 9.15 Å². The van der Waals surface area contributed by atoms with Crippen molar-refractivity contribution < 1.29 is 35.1 Å². The van der Waals surface area contributed by atoms with Gasteiger partial charge in [0.15, 0.2) is 15.6 Å². The second kappa shape index (κ2) is 7.27. The minimum Gasteiger partial charge on any atom is -0.463 e. The summed E-state index contributed by atoms with van der Waals surface area (Å²) in [6.45, 7) is -1.10. The first kappa shape index (κ1) is 19.9. The third kappa shape index (κ3) is 4.16. The van der Waals surface area contributed by atoms with Crippen LogP contribution in [0.3, 0.4) is 0 Å². The van der Waals surface area contributed by atoms with Crippen LogP contribution in [0.2, 0.25) is 0 Å². The van der Waals surface area contributed by atoms with Crippen molar-refractivity contribution in [3.8, 4) is 28.3 Å². The summed E-state index contributed by atoms with van der Waals surface area (Å²) in [5.41, 5.74) is 0.276. The van der Waals surface area contributed by atoms with Crippen LogP contribution >= 0.6 is 0 Å². The Kier molecular flexibility index (Phi) is 5.16. The summed E-state index contributed by atoms with van der Waals surface area (Å²) in [5, 5.41) is 0. The van der Waals surface area contributed by atoms with Gasteiger partial charge in [-0.3, -0.25) is 0 Å². The van der Waals surface area contributed by atoms with Crippen molar-refractivity contribution in [1.82, 2.24) is 4.98 Å². The Morgan fingerprint density at radius 1 is 1.07 bits per heavy atom. The van der Waals surface area contributed by atoms with Crippen LogP contribution < -0.4 is 4.74 Å². The number of sulfone groups is 1. The lowest BCUT2D eigenvalue weighted by atomic mass is 10.1. The minimum absolute atomic E-state index is 0.00621. The first-order valence-electron chi connectivity index (χ1n) is 7.77. The third-order valence-electron chi connectivity index (χ3n) is 3.74. The van der Waals surface area contributed by atoms with Crippen molar-refractivity contribution in [3.63, 3.8) is 0 Å². The summed E-state index contributed by atoms with van der Waals surface area (Å²) < 4.78 is 84.6. The molecule has 0 amide bonds. The van der Waals surface area contributed by atoms with Crippen molar-refractivity contribution in [2.45, 2.75) is 11.1 Å². The average molecular weight is 415 g/mol. The van der Waals surface area contributed by atoms with Crippen molar-refractivity contribution in [2.24, 2.45) is 0 Å². The SMILES string of the molecule is CS(=O)(=O)c1ccc(-c2oc(C(F)(F)F)nc2-c2cccc(OCF)c2)cc1. The quantitative estimate of drug-likeness (QED) is 0.563. The highest BCUT2D eigenvalue weighted by Crippen LogP contribution is 2.39. The van der Waals surface area contributed by atoms with Gasteiger partial charge in [-0.1, -0.05) is 12.1 Å². The smallest absolute Gasteiger partial charge is 0.463 e. The van der Waals surface area contributed by atoms with E-state index >= 15 is 0 Å². The molecule has 0 saturated carbocycles. The van der Waals surface area contributed by atoms with E-state index in [2.05, 4.69) is 4.98 Å². The average Bonchev–Trinajstić information content (AvgIpc) is 3.07. The zero-order valence-electron chi connectivity index (χ0n) is 14.3. The molecule has 0 aliphatic rings. The fourth-order valence-corrected chi connectivity index (χ4v) is 3.11. The lowest BCUT2D eigenvalue weighted by Crippen LogP contribution is -2.04. The van der Waals surface area contributed by atoms with E-state index in [9.17, 15) is 26.0 Å². The summed E-state index contributed by atoms with van der Waals surface area (Å²) >= 11 is 0. The number of alkyl halides is 4. The Labute approximate surface area is 157 Å². The van der Waals surface area contributed by atoms with Gasteiger partial charge in [-0.25, -0.2) is 17.8 Å². The monoisotopic (exact) mass is 415 g/mol. The second-order valence-electron chi connectivity index (χ2n) is 5.77. The van der Waals surface area contributed by atoms with E-state index in [4.69, 9.17) is 9.15 Å². The number of oxazole rings is 1. The summed E-state index contributed by atoms with van der Waals surface area (Å²) in [4.78, 5) is 3.55. The minimum atomic E-state index is -4.83. The van der Waals surface area contributed by atoms with Gasteiger partial charge in [0.05, 0.1) is 4.90 Å². The molecule has 0 N–H and O–H groups in total. The molecule has 0 saturated heterocycles. The fraction of sp³-hybridized carbons (Fsp3) is 0.167. The Balaban J connectivity index is 2.15. The number of benzene rings is 2. The molecule has 0 spiro atoms. The van der Waals surface area contributed by atoms with E-state index in [0.29, 0.717) is 0 Å². The molecular weight excluding hydrogens is 402 g/mol. The maximum absolute atomic E-state index is 13.1. The molecule has 0 aliphatic carbocycles. The number of hydrogen-bond donors (Lipinski definition) is 0. The van der Waals surface area contributed by atoms with E-state index in [1.165, 1.54) is 48.5 Å². The predicted octanol–water partition coefficient (Wildman–Crippen LogP) is 4.74. The molecule has 5 nitrogen and oxygen atoms in total. The molecule has 0 unspecified atom stereocenters.